The average molecular weight is 372 g/mol. The zero-order valence-corrected chi connectivity index (χ0v) is 14.8. The summed E-state index contributed by atoms with van der Waals surface area (Å²) < 4.78 is 16.9. The highest BCUT2D eigenvalue weighted by Crippen LogP contribution is 2.31. The molecule has 6 nitrogen and oxygen atoms in total. The van der Waals surface area contributed by atoms with Crippen molar-refractivity contribution < 1.29 is 18.7 Å². The Labute approximate surface area is 161 Å². The summed E-state index contributed by atoms with van der Waals surface area (Å²) in [6, 6.07) is 21.0. The number of furan rings is 1. The molecule has 0 aliphatic carbocycles. The van der Waals surface area contributed by atoms with E-state index in [4.69, 9.17) is 18.7 Å². The van der Waals surface area contributed by atoms with E-state index in [9.17, 15) is 0 Å². The lowest BCUT2D eigenvalue weighted by Crippen LogP contribution is -2.07. The van der Waals surface area contributed by atoms with Gasteiger partial charge in [-0.2, -0.15) is 0 Å². The number of pyridine rings is 1. The van der Waals surface area contributed by atoms with Crippen LogP contribution in [0.25, 0.3) is 11.1 Å². The number of rotatable bonds is 4. The van der Waals surface area contributed by atoms with Gasteiger partial charge >= 0.3 is 0 Å². The van der Waals surface area contributed by atoms with E-state index in [1.54, 1.807) is 24.6 Å². The zero-order chi connectivity index (χ0) is 18.8. The Hall–Kier alpha value is -3.80. The molecule has 0 saturated carbocycles. The van der Waals surface area contributed by atoms with Crippen LogP contribution in [0, 0.1) is 0 Å². The van der Waals surface area contributed by atoms with Crippen molar-refractivity contribution in [2.45, 2.75) is 12.5 Å². The smallest absolute Gasteiger partial charge is 0.235 e. The first-order valence-corrected chi connectivity index (χ1v) is 8.90. The van der Waals surface area contributed by atoms with E-state index in [0.717, 1.165) is 22.6 Å². The number of fused-ring (bicyclic) bond motifs is 1. The molecule has 0 saturated heterocycles. The van der Waals surface area contributed by atoms with E-state index < -0.39 is 0 Å². The van der Waals surface area contributed by atoms with Gasteiger partial charge in [0.2, 0.25) is 5.90 Å². The first-order chi connectivity index (χ1) is 13.8. The molecule has 3 heterocycles. The number of para-hydroxylation sites is 1. The highest BCUT2D eigenvalue weighted by molar-refractivity contribution is 5.81. The lowest BCUT2D eigenvalue weighted by molar-refractivity contribution is 0.0855. The molecule has 2 aromatic carbocycles. The Kier molecular flexibility index (Phi) is 4.14. The van der Waals surface area contributed by atoms with Crippen LogP contribution in [0.4, 0.5) is 0 Å². The van der Waals surface area contributed by atoms with Crippen LogP contribution in [0.3, 0.4) is 0 Å². The average Bonchev–Trinajstić information content (AvgIpc) is 3.39. The molecule has 138 valence electrons. The van der Waals surface area contributed by atoms with Crippen LogP contribution in [-0.4, -0.2) is 10.9 Å². The second-order valence-electron chi connectivity index (χ2n) is 6.34. The summed E-state index contributed by atoms with van der Waals surface area (Å²) in [5.41, 5.74) is 2.46. The van der Waals surface area contributed by atoms with Crippen LogP contribution >= 0.6 is 0 Å². The summed E-state index contributed by atoms with van der Waals surface area (Å²) in [5, 5.41) is 4.05. The Morgan fingerprint density at radius 3 is 2.54 bits per heavy atom. The van der Waals surface area contributed by atoms with Crippen molar-refractivity contribution >= 4 is 17.0 Å². The molecule has 0 bridgehead atoms. The minimum Gasteiger partial charge on any atom is -0.463 e. The van der Waals surface area contributed by atoms with Gasteiger partial charge < -0.3 is 18.7 Å². The normalized spacial score (nSPS) is 15.9. The third-order valence-corrected chi connectivity index (χ3v) is 4.39. The van der Waals surface area contributed by atoms with Gasteiger partial charge in [0.1, 0.15) is 17.0 Å². The molecular weight excluding hydrogens is 356 g/mol. The number of ether oxygens (including phenoxy) is 2. The molecule has 28 heavy (non-hydrogen) atoms. The Morgan fingerprint density at radius 2 is 1.68 bits per heavy atom. The predicted octanol–water partition coefficient (Wildman–Crippen LogP) is 5.47. The molecule has 1 unspecified atom stereocenters. The molecule has 6 heteroatoms. The SMILES string of the molecule is c1ccc(Oc2ccc(C3CC(Oc4cnc5ccoc5c4)=NO3)cc2)cc1. The molecular formula is C22H16N2O4. The first kappa shape index (κ1) is 16.4. The summed E-state index contributed by atoms with van der Waals surface area (Å²) in [6.07, 6.45) is 3.58. The fourth-order valence-corrected chi connectivity index (χ4v) is 2.99. The van der Waals surface area contributed by atoms with Gasteiger partial charge in [-0.15, -0.1) is 0 Å². The first-order valence-electron chi connectivity index (χ1n) is 8.90. The van der Waals surface area contributed by atoms with Gasteiger partial charge in [0.15, 0.2) is 17.4 Å². The van der Waals surface area contributed by atoms with Crippen LogP contribution in [0.2, 0.25) is 0 Å². The van der Waals surface area contributed by atoms with Crippen molar-refractivity contribution in [3.05, 3.63) is 84.8 Å². The lowest BCUT2D eigenvalue weighted by atomic mass is 10.1. The van der Waals surface area contributed by atoms with Crippen molar-refractivity contribution in [1.82, 2.24) is 4.98 Å². The lowest BCUT2D eigenvalue weighted by Gasteiger charge is -2.10. The quantitative estimate of drug-likeness (QED) is 0.475. The third kappa shape index (κ3) is 3.40. The number of nitrogens with zero attached hydrogens (tertiary/aromatic N) is 2. The van der Waals surface area contributed by atoms with Crippen LogP contribution in [0.1, 0.15) is 18.1 Å². The number of aromatic nitrogens is 1. The molecule has 1 aliphatic rings. The Morgan fingerprint density at radius 1 is 0.857 bits per heavy atom. The Balaban J connectivity index is 1.22. The number of hydrogen-bond donors (Lipinski definition) is 0. The van der Waals surface area contributed by atoms with E-state index >= 15 is 0 Å². The fraction of sp³-hybridized carbons (Fsp3) is 0.0909. The van der Waals surface area contributed by atoms with E-state index in [2.05, 4.69) is 10.1 Å². The van der Waals surface area contributed by atoms with E-state index in [0.29, 0.717) is 23.7 Å². The van der Waals surface area contributed by atoms with Crippen molar-refractivity contribution in [3.8, 4) is 17.2 Å². The molecule has 0 N–H and O–H groups in total. The molecule has 5 rings (SSSR count). The fourth-order valence-electron chi connectivity index (χ4n) is 2.99. The minimum atomic E-state index is -0.193. The highest BCUT2D eigenvalue weighted by Gasteiger charge is 2.25. The number of oxime groups is 1. The van der Waals surface area contributed by atoms with Gasteiger partial charge in [-0.05, 0) is 29.8 Å². The monoisotopic (exact) mass is 372 g/mol. The largest absolute Gasteiger partial charge is 0.463 e. The molecule has 0 spiro atoms. The maximum atomic E-state index is 5.81. The minimum absolute atomic E-state index is 0.193. The van der Waals surface area contributed by atoms with E-state index in [1.807, 2.05) is 54.6 Å². The van der Waals surface area contributed by atoms with E-state index in [-0.39, 0.29) is 6.10 Å². The topological polar surface area (TPSA) is 66.1 Å². The summed E-state index contributed by atoms with van der Waals surface area (Å²) in [5.74, 6) is 2.64. The van der Waals surface area contributed by atoms with Gasteiger partial charge in [-0.3, -0.25) is 0 Å². The standard InChI is InChI=1S/C22H16N2O4/c1-2-4-16(5-3-1)26-17-8-6-15(7-9-17)20-13-22(24-28-20)27-18-12-21-19(23-14-18)10-11-25-21/h1-12,14,20H,13H2. The van der Waals surface area contributed by atoms with Gasteiger partial charge in [0, 0.05) is 12.1 Å². The van der Waals surface area contributed by atoms with Gasteiger partial charge in [0.25, 0.3) is 0 Å². The van der Waals surface area contributed by atoms with Crippen LogP contribution in [0.15, 0.2) is 88.8 Å². The van der Waals surface area contributed by atoms with Crippen LogP contribution < -0.4 is 9.47 Å². The maximum Gasteiger partial charge on any atom is 0.235 e. The summed E-state index contributed by atoms with van der Waals surface area (Å²) in [7, 11) is 0. The number of benzene rings is 2. The molecule has 4 aromatic rings. The summed E-state index contributed by atoms with van der Waals surface area (Å²) >= 11 is 0. The van der Waals surface area contributed by atoms with Gasteiger partial charge in [0.05, 0.1) is 18.9 Å². The van der Waals surface area contributed by atoms with Gasteiger partial charge in [-0.1, -0.05) is 35.5 Å². The summed E-state index contributed by atoms with van der Waals surface area (Å²) in [4.78, 5) is 9.81. The van der Waals surface area contributed by atoms with Crippen LogP contribution in [0.5, 0.6) is 17.2 Å². The molecule has 2 aromatic heterocycles. The third-order valence-electron chi connectivity index (χ3n) is 4.39. The van der Waals surface area contributed by atoms with Crippen molar-refractivity contribution in [2.24, 2.45) is 5.16 Å². The Bertz CT molecular complexity index is 1120. The van der Waals surface area contributed by atoms with Crippen LogP contribution in [-0.2, 0) is 4.84 Å². The van der Waals surface area contributed by atoms with Crippen molar-refractivity contribution in [1.29, 1.82) is 0 Å². The summed E-state index contributed by atoms with van der Waals surface area (Å²) in [6.45, 7) is 0. The molecule has 1 aliphatic heterocycles. The van der Waals surface area contributed by atoms with Crippen molar-refractivity contribution in [2.75, 3.05) is 0 Å². The second kappa shape index (κ2) is 7.08. The predicted molar refractivity (Wildman–Crippen MR) is 103 cm³/mol. The second-order valence-corrected chi connectivity index (χ2v) is 6.34. The maximum absolute atomic E-state index is 5.81. The van der Waals surface area contributed by atoms with Crippen molar-refractivity contribution in [3.63, 3.8) is 0 Å². The zero-order valence-electron chi connectivity index (χ0n) is 14.8. The molecule has 1 atom stereocenters. The molecule has 0 fully saturated rings. The van der Waals surface area contributed by atoms with Gasteiger partial charge in [-0.25, -0.2) is 4.98 Å². The molecule has 0 amide bonds. The molecule has 0 radical (unpaired) electrons. The number of hydrogen-bond acceptors (Lipinski definition) is 6. The van der Waals surface area contributed by atoms with E-state index in [1.165, 1.54) is 0 Å². The highest BCUT2D eigenvalue weighted by atomic mass is 16.7.